The quantitative estimate of drug-likeness (QED) is 0.258. The number of hydrogen-bond donors (Lipinski definition) is 1. The Morgan fingerprint density at radius 3 is 2.37 bits per heavy atom. The van der Waals surface area contributed by atoms with E-state index < -0.39 is 0 Å². The average Bonchev–Trinajstić information content (AvgIpc) is 3.69. The Morgan fingerprint density at radius 2 is 1.68 bits per heavy atom. The van der Waals surface area contributed by atoms with Crippen LogP contribution in [0.2, 0.25) is 0 Å². The molecule has 0 spiro atoms. The van der Waals surface area contributed by atoms with E-state index in [0.717, 1.165) is 41.2 Å². The molecule has 8 nitrogen and oxygen atoms in total. The van der Waals surface area contributed by atoms with Gasteiger partial charge in [0, 0.05) is 22.8 Å². The van der Waals surface area contributed by atoms with E-state index in [1.54, 1.807) is 12.1 Å². The number of esters is 1. The molecule has 1 N–H and O–H groups in total. The van der Waals surface area contributed by atoms with Crippen molar-refractivity contribution in [3.05, 3.63) is 41.0 Å². The number of fused-ring (bicyclic) bond motifs is 3. The fourth-order valence-electron chi connectivity index (χ4n) is 6.20. The van der Waals surface area contributed by atoms with Crippen LogP contribution in [0.1, 0.15) is 47.1 Å². The fraction of sp³-hybridized carbons (Fsp3) is 0.536. The second kappa shape index (κ2) is 11.0. The lowest BCUT2D eigenvalue weighted by atomic mass is 9.67. The normalized spacial score (nSPS) is 25.7. The molecule has 3 heterocycles. The van der Waals surface area contributed by atoms with Gasteiger partial charge >= 0.3 is 5.97 Å². The van der Waals surface area contributed by atoms with Gasteiger partial charge in [-0.2, -0.15) is 0 Å². The van der Waals surface area contributed by atoms with E-state index in [0.29, 0.717) is 23.9 Å². The highest BCUT2D eigenvalue weighted by molar-refractivity contribution is 8.76. The van der Waals surface area contributed by atoms with Gasteiger partial charge in [0.05, 0.1) is 26.7 Å². The minimum Gasteiger partial charge on any atom is -0.502 e. The van der Waals surface area contributed by atoms with E-state index >= 15 is 0 Å². The Morgan fingerprint density at radius 1 is 1.00 bits per heavy atom. The van der Waals surface area contributed by atoms with E-state index in [4.69, 9.17) is 23.7 Å². The zero-order chi connectivity index (χ0) is 26.2. The largest absolute Gasteiger partial charge is 0.502 e. The molecule has 2 saturated heterocycles. The second-order valence-corrected chi connectivity index (χ2v) is 12.8. The van der Waals surface area contributed by atoms with Crippen molar-refractivity contribution in [2.75, 3.05) is 53.0 Å². The van der Waals surface area contributed by atoms with Crippen LogP contribution in [0.3, 0.4) is 0 Å². The van der Waals surface area contributed by atoms with Crippen LogP contribution < -0.4 is 18.9 Å². The number of ether oxygens (including phenoxy) is 5. The van der Waals surface area contributed by atoms with E-state index in [9.17, 15) is 9.90 Å². The third-order valence-corrected chi connectivity index (χ3v) is 11.0. The van der Waals surface area contributed by atoms with Crippen LogP contribution in [0, 0.1) is 11.8 Å². The second-order valence-electron chi connectivity index (χ2n) is 10.1. The van der Waals surface area contributed by atoms with Crippen LogP contribution in [-0.4, -0.2) is 69.0 Å². The topological polar surface area (TPSA) is 86.7 Å². The van der Waals surface area contributed by atoms with E-state index in [2.05, 4.69) is 11.0 Å². The van der Waals surface area contributed by atoms with Gasteiger partial charge in [0.2, 0.25) is 12.5 Å². The first kappa shape index (κ1) is 25.8. The molecule has 2 fully saturated rings. The zero-order valence-corrected chi connectivity index (χ0v) is 23.3. The van der Waals surface area contributed by atoms with Gasteiger partial charge in [0.15, 0.2) is 23.0 Å². The summed E-state index contributed by atoms with van der Waals surface area (Å²) in [6.45, 7) is 4.15. The maximum Gasteiger partial charge on any atom is 0.310 e. The number of cyclic esters (lactones) is 1. The number of phenolic OH excluding ortho intramolecular Hbond substituents is 1. The Labute approximate surface area is 230 Å². The predicted molar refractivity (Wildman–Crippen MR) is 147 cm³/mol. The number of carbonyl (C=O) groups is 1. The lowest BCUT2D eigenvalue weighted by Crippen LogP contribution is -2.33. The van der Waals surface area contributed by atoms with Gasteiger partial charge in [-0.05, 0) is 79.9 Å². The van der Waals surface area contributed by atoms with Crippen LogP contribution in [0.25, 0.3) is 0 Å². The number of aromatic hydroxyl groups is 1. The van der Waals surface area contributed by atoms with Crippen molar-refractivity contribution in [2.24, 2.45) is 11.8 Å². The Bertz CT molecular complexity index is 1180. The summed E-state index contributed by atoms with van der Waals surface area (Å²) in [5.41, 5.74) is 2.98. The summed E-state index contributed by atoms with van der Waals surface area (Å²) in [7, 11) is 6.73. The molecule has 2 aromatic rings. The highest BCUT2D eigenvalue weighted by Crippen LogP contribution is 2.60. The molecule has 204 valence electrons. The van der Waals surface area contributed by atoms with Crippen LogP contribution in [0.15, 0.2) is 24.3 Å². The van der Waals surface area contributed by atoms with Crippen molar-refractivity contribution in [1.29, 1.82) is 0 Å². The first-order valence-electron chi connectivity index (χ1n) is 13.1. The molecule has 38 heavy (non-hydrogen) atoms. The minimum atomic E-state index is -0.371. The van der Waals surface area contributed by atoms with Crippen molar-refractivity contribution >= 4 is 27.6 Å². The number of methoxy groups -OCH3 is 2. The monoisotopic (exact) mass is 559 g/mol. The number of rotatable bonds is 9. The van der Waals surface area contributed by atoms with E-state index in [-0.39, 0.29) is 41.5 Å². The van der Waals surface area contributed by atoms with Gasteiger partial charge in [-0.3, -0.25) is 4.79 Å². The summed E-state index contributed by atoms with van der Waals surface area (Å²) in [4.78, 5) is 15.8. The van der Waals surface area contributed by atoms with Crippen LogP contribution in [-0.2, 0) is 9.53 Å². The molecule has 1 aliphatic carbocycles. The predicted octanol–water partition coefficient (Wildman–Crippen LogP) is 4.98. The van der Waals surface area contributed by atoms with Crippen molar-refractivity contribution in [3.63, 3.8) is 0 Å². The van der Waals surface area contributed by atoms with Crippen molar-refractivity contribution in [3.8, 4) is 28.7 Å². The molecule has 2 aromatic carbocycles. The summed E-state index contributed by atoms with van der Waals surface area (Å²) in [5.74, 6) is 2.13. The molecule has 0 amide bonds. The van der Waals surface area contributed by atoms with Gasteiger partial charge in [0.1, 0.15) is 0 Å². The molecule has 10 heteroatoms. The number of nitrogens with zero attached hydrogens (tertiary/aromatic N) is 1. The Hall–Kier alpha value is -2.43. The molecule has 4 atom stereocenters. The minimum absolute atomic E-state index is 0.00208. The molecule has 0 radical (unpaired) electrons. The Balaban J connectivity index is 1.35. The molecule has 3 aliphatic heterocycles. The average molecular weight is 560 g/mol. The lowest BCUT2D eigenvalue weighted by molar-refractivity contribution is -0.141. The van der Waals surface area contributed by atoms with Crippen LogP contribution >= 0.6 is 21.6 Å². The van der Waals surface area contributed by atoms with Gasteiger partial charge < -0.3 is 33.7 Å². The molecular weight excluding hydrogens is 526 g/mol. The SMILES string of the molecule is COc1cc([C@@H]2c3cc4c(cc3[C@@H](SSCCCN3CCCC3)[C@H]3COC(=O)[C@H]23)OCO4)cc(OC)c1O. The first-order valence-corrected chi connectivity index (χ1v) is 15.5. The highest BCUT2D eigenvalue weighted by atomic mass is 33.1. The van der Waals surface area contributed by atoms with Crippen LogP contribution in [0.5, 0.6) is 28.7 Å². The summed E-state index contributed by atoms with van der Waals surface area (Å²) in [6, 6.07) is 7.68. The van der Waals surface area contributed by atoms with Crippen molar-refractivity contribution in [2.45, 2.75) is 30.4 Å². The maximum atomic E-state index is 13.3. The summed E-state index contributed by atoms with van der Waals surface area (Å²) in [5, 5.41) is 10.6. The molecule has 0 aromatic heterocycles. The van der Waals surface area contributed by atoms with Gasteiger partial charge in [-0.25, -0.2) is 0 Å². The maximum absolute atomic E-state index is 13.3. The summed E-state index contributed by atoms with van der Waals surface area (Å²) in [6.07, 6.45) is 3.78. The number of carbonyl (C=O) groups excluding carboxylic acids is 1. The van der Waals surface area contributed by atoms with Crippen LogP contribution in [0.4, 0.5) is 0 Å². The van der Waals surface area contributed by atoms with Gasteiger partial charge in [-0.1, -0.05) is 21.6 Å². The van der Waals surface area contributed by atoms with E-state index in [1.165, 1.54) is 40.2 Å². The molecule has 0 unspecified atom stereocenters. The molecule has 0 bridgehead atoms. The smallest absolute Gasteiger partial charge is 0.310 e. The third-order valence-electron chi connectivity index (χ3n) is 8.05. The lowest BCUT2D eigenvalue weighted by Gasteiger charge is -2.38. The van der Waals surface area contributed by atoms with Crippen molar-refractivity contribution < 1.29 is 33.6 Å². The summed E-state index contributed by atoms with van der Waals surface area (Å²) < 4.78 is 28.1. The molecular formula is C28H33NO7S2. The van der Waals surface area contributed by atoms with Gasteiger partial charge in [-0.15, -0.1) is 0 Å². The number of likely N-dealkylation sites (tertiary alicyclic amines) is 1. The zero-order valence-electron chi connectivity index (χ0n) is 21.6. The molecule has 4 aliphatic rings. The van der Waals surface area contributed by atoms with Crippen molar-refractivity contribution in [1.82, 2.24) is 4.90 Å². The fourth-order valence-corrected chi connectivity index (χ4v) is 9.21. The number of hydrogen-bond acceptors (Lipinski definition) is 10. The molecule has 6 rings (SSSR count). The number of benzene rings is 2. The van der Waals surface area contributed by atoms with Gasteiger partial charge in [0.25, 0.3) is 0 Å². The standard InChI is InChI=1S/C28H33NO7S2/c1-32-22-10-16(11-23(33-2)26(22)30)24-17-12-20-21(36-15-35-20)13-18(17)27(19-14-34-28(31)25(19)24)38-37-9-5-8-29-6-3-4-7-29/h10-13,19,24-25,27,30H,3-9,14-15H2,1-2H3/t19-,24+,25-,27+/m0/s1. The molecule has 0 saturated carbocycles. The third kappa shape index (κ3) is 4.64. The first-order chi connectivity index (χ1) is 18.6. The Kier molecular flexibility index (Phi) is 7.46. The summed E-state index contributed by atoms with van der Waals surface area (Å²) >= 11 is 0. The van der Waals surface area contributed by atoms with E-state index in [1.807, 2.05) is 27.7 Å². The highest BCUT2D eigenvalue weighted by Gasteiger charge is 2.53. The number of phenols is 1.